The van der Waals surface area contributed by atoms with Gasteiger partial charge in [0.15, 0.2) is 17.3 Å². The van der Waals surface area contributed by atoms with Crippen molar-refractivity contribution in [3.8, 4) is 11.5 Å². The van der Waals surface area contributed by atoms with Crippen molar-refractivity contribution in [1.29, 1.82) is 0 Å². The summed E-state index contributed by atoms with van der Waals surface area (Å²) in [7, 11) is 1.62. The Labute approximate surface area is 207 Å². The molecule has 15 heteroatoms. The Morgan fingerprint density at radius 2 is 1.89 bits per heavy atom. The van der Waals surface area contributed by atoms with Crippen LogP contribution in [0.1, 0.15) is 21.6 Å². The zero-order valence-corrected chi connectivity index (χ0v) is 19.5. The van der Waals surface area contributed by atoms with E-state index >= 15 is 0 Å². The van der Waals surface area contributed by atoms with Crippen LogP contribution in [0.5, 0.6) is 0 Å². The molecule has 0 aliphatic carbocycles. The van der Waals surface area contributed by atoms with Crippen LogP contribution in [0, 0.1) is 0 Å². The number of fused-ring (bicyclic) bond motifs is 2. The molecule has 1 aromatic carbocycles. The number of pyridine rings is 1. The molecule has 0 radical (unpaired) electrons. The van der Waals surface area contributed by atoms with Crippen molar-refractivity contribution in [2.75, 3.05) is 0 Å². The fourth-order valence-corrected chi connectivity index (χ4v) is 4.87. The summed E-state index contributed by atoms with van der Waals surface area (Å²) in [6, 6.07) is 6.10. The van der Waals surface area contributed by atoms with Gasteiger partial charge >= 0.3 is 6.18 Å². The molecule has 36 heavy (non-hydrogen) atoms. The molecule has 0 amide bonds. The van der Waals surface area contributed by atoms with E-state index in [0.717, 1.165) is 17.7 Å². The lowest BCUT2D eigenvalue weighted by molar-refractivity contribution is -0.143. The maximum atomic E-state index is 14.3. The molecule has 0 N–H and O–H groups in total. The Morgan fingerprint density at radius 3 is 2.64 bits per heavy atom. The maximum Gasteiger partial charge on any atom is 0.434 e. The van der Waals surface area contributed by atoms with Crippen LogP contribution >= 0.6 is 23.1 Å². The molecule has 0 unspecified atom stereocenters. The first-order valence-corrected chi connectivity index (χ1v) is 11.3. The van der Waals surface area contributed by atoms with E-state index in [0.29, 0.717) is 20.5 Å². The minimum Gasteiger partial charge on any atom is -0.335 e. The number of alkyl halides is 3. The van der Waals surface area contributed by atoms with Crippen LogP contribution in [-0.2, 0) is 13.2 Å². The number of hydrogen-bond donors (Lipinski definition) is 0. The Bertz CT molecular complexity index is 1790. The van der Waals surface area contributed by atoms with Crippen LogP contribution in [-0.4, -0.2) is 49.7 Å². The summed E-state index contributed by atoms with van der Waals surface area (Å²) >= 11 is 7.30. The molecule has 0 fully saturated rings. The Morgan fingerprint density at radius 1 is 1.11 bits per heavy atom. The van der Waals surface area contributed by atoms with E-state index in [1.165, 1.54) is 40.1 Å². The van der Waals surface area contributed by atoms with Crippen LogP contribution in [0.3, 0.4) is 0 Å². The van der Waals surface area contributed by atoms with Gasteiger partial charge in [-0.3, -0.25) is 4.79 Å². The van der Waals surface area contributed by atoms with Crippen molar-refractivity contribution in [2.45, 2.75) is 6.18 Å². The summed E-state index contributed by atoms with van der Waals surface area (Å²) in [4.78, 5) is 19.2. The van der Waals surface area contributed by atoms with E-state index in [1.807, 2.05) is 0 Å². The van der Waals surface area contributed by atoms with Crippen molar-refractivity contribution in [2.24, 2.45) is 7.05 Å². The Balaban J connectivity index is 1.53. The van der Waals surface area contributed by atoms with Gasteiger partial charge in [-0.25, -0.2) is 9.67 Å². The minimum atomic E-state index is -4.89. The van der Waals surface area contributed by atoms with Gasteiger partial charge in [-0.05, 0) is 29.7 Å². The summed E-state index contributed by atoms with van der Waals surface area (Å²) in [5, 5.41) is 16.2. The van der Waals surface area contributed by atoms with E-state index < -0.39 is 23.2 Å². The van der Waals surface area contributed by atoms with Gasteiger partial charge in [-0.15, -0.1) is 9.90 Å². The Kier molecular flexibility index (Phi) is 4.91. The molecule has 5 heterocycles. The maximum absolute atomic E-state index is 14.3. The second-order valence-electron chi connectivity index (χ2n) is 7.68. The monoisotopic (exact) mass is 529 g/mol. The van der Waals surface area contributed by atoms with Crippen molar-refractivity contribution >= 4 is 50.2 Å². The summed E-state index contributed by atoms with van der Waals surface area (Å²) in [5.74, 6) is -0.666. The molecule has 0 saturated carbocycles. The fourth-order valence-electron chi connectivity index (χ4n) is 3.98. The van der Waals surface area contributed by atoms with Crippen molar-refractivity contribution in [3.63, 3.8) is 0 Å². The largest absolute Gasteiger partial charge is 0.434 e. The second kappa shape index (κ2) is 7.93. The van der Waals surface area contributed by atoms with Crippen LogP contribution in [0.25, 0.3) is 32.8 Å². The van der Waals surface area contributed by atoms with E-state index in [2.05, 4.69) is 29.9 Å². The van der Waals surface area contributed by atoms with Crippen molar-refractivity contribution in [3.05, 3.63) is 70.9 Å². The van der Waals surface area contributed by atoms with Gasteiger partial charge in [-0.1, -0.05) is 22.2 Å². The standard InChI is InChI=1S/C21H11ClF3N9OS/c1-32-9-12(10-7-13(22)20(29-19(10)32)34-26-5-6-27-34)16(35)11-8-28-33(18(11)21(23,24)25)15-4-2-3-14-17(15)36-31-30-14/h2-9H,1H3. The normalized spacial score (nSPS) is 12.1. The van der Waals surface area contributed by atoms with Gasteiger partial charge < -0.3 is 4.57 Å². The van der Waals surface area contributed by atoms with E-state index in [9.17, 15) is 18.0 Å². The van der Waals surface area contributed by atoms with Crippen LogP contribution in [0.15, 0.2) is 49.1 Å². The van der Waals surface area contributed by atoms with Crippen molar-refractivity contribution < 1.29 is 18.0 Å². The summed E-state index contributed by atoms with van der Waals surface area (Å²) in [6.07, 6.45) is 0.320. The summed E-state index contributed by atoms with van der Waals surface area (Å²) in [6.45, 7) is 0. The molecule has 0 bridgehead atoms. The molecule has 6 rings (SSSR count). The fraction of sp³-hybridized carbons (Fsp3) is 0.0952. The molecular formula is C21H11ClF3N9OS. The topological polar surface area (TPSA) is 109 Å². The predicted molar refractivity (Wildman–Crippen MR) is 124 cm³/mol. The molecular weight excluding hydrogens is 519 g/mol. The highest BCUT2D eigenvalue weighted by molar-refractivity contribution is 7.13. The average Bonchev–Trinajstić information content (AvgIpc) is 3.63. The van der Waals surface area contributed by atoms with Gasteiger partial charge in [0.05, 0.1) is 34.9 Å². The summed E-state index contributed by atoms with van der Waals surface area (Å²) < 4.78 is 49.4. The molecule has 0 atom stereocenters. The third-order valence-electron chi connectivity index (χ3n) is 5.50. The molecule has 10 nitrogen and oxygen atoms in total. The molecule has 0 aliphatic heterocycles. The average molecular weight is 530 g/mol. The molecule has 0 aliphatic rings. The number of benzene rings is 1. The zero-order valence-electron chi connectivity index (χ0n) is 18.0. The number of aryl methyl sites for hydroxylation is 1. The lowest BCUT2D eigenvalue weighted by Gasteiger charge is -2.12. The Hall–Kier alpha value is -4.17. The zero-order chi connectivity index (χ0) is 25.2. The van der Waals surface area contributed by atoms with Crippen LogP contribution in [0.4, 0.5) is 13.2 Å². The molecule has 0 saturated heterocycles. The lowest BCUT2D eigenvalue weighted by Crippen LogP contribution is -2.18. The highest BCUT2D eigenvalue weighted by atomic mass is 35.5. The number of carbonyl (C=O) groups is 1. The molecule has 180 valence electrons. The number of hydrogen-bond acceptors (Lipinski definition) is 8. The van der Waals surface area contributed by atoms with Crippen LogP contribution < -0.4 is 0 Å². The lowest BCUT2D eigenvalue weighted by atomic mass is 10.0. The number of aromatic nitrogens is 9. The van der Waals surface area contributed by atoms with Gasteiger partial charge in [0.2, 0.25) is 0 Å². The quantitative estimate of drug-likeness (QED) is 0.314. The van der Waals surface area contributed by atoms with Gasteiger partial charge in [0, 0.05) is 24.2 Å². The second-order valence-corrected chi connectivity index (χ2v) is 8.84. The predicted octanol–water partition coefficient (Wildman–Crippen LogP) is 4.25. The van der Waals surface area contributed by atoms with Gasteiger partial charge in [-0.2, -0.15) is 28.5 Å². The molecule has 6 aromatic rings. The minimum absolute atomic E-state index is 0.00964. The van der Waals surface area contributed by atoms with Gasteiger partial charge in [0.1, 0.15) is 15.9 Å². The number of nitrogens with zero attached hydrogens (tertiary/aromatic N) is 9. The number of ketones is 1. The van der Waals surface area contributed by atoms with E-state index in [-0.39, 0.29) is 27.5 Å². The first-order chi connectivity index (χ1) is 17.2. The third kappa shape index (κ3) is 3.37. The first kappa shape index (κ1) is 22.3. The SMILES string of the molecule is Cn1cc(C(=O)c2cnn(-c3cccc4nnsc34)c2C(F)(F)F)c2cc(Cl)c(-n3nccn3)nc21. The first-order valence-electron chi connectivity index (χ1n) is 10.2. The van der Waals surface area contributed by atoms with E-state index in [1.54, 1.807) is 19.2 Å². The number of rotatable bonds is 4. The highest BCUT2D eigenvalue weighted by Crippen LogP contribution is 2.37. The van der Waals surface area contributed by atoms with Crippen LogP contribution in [0.2, 0.25) is 5.02 Å². The number of halogens is 4. The smallest absolute Gasteiger partial charge is 0.335 e. The van der Waals surface area contributed by atoms with Gasteiger partial charge in [0.25, 0.3) is 0 Å². The van der Waals surface area contributed by atoms with E-state index in [4.69, 9.17) is 11.6 Å². The summed E-state index contributed by atoms with van der Waals surface area (Å²) in [5.41, 5.74) is -0.972. The number of carbonyl (C=O) groups excluding carboxylic acids is 1. The molecule has 0 spiro atoms. The highest BCUT2D eigenvalue weighted by Gasteiger charge is 2.41. The third-order valence-corrected chi connectivity index (χ3v) is 6.54. The van der Waals surface area contributed by atoms with Crippen molar-refractivity contribution in [1.82, 2.24) is 43.9 Å². The molecule has 5 aromatic heterocycles.